The van der Waals surface area contributed by atoms with Crippen molar-refractivity contribution in [3.05, 3.63) is 48.0 Å². The van der Waals surface area contributed by atoms with Gasteiger partial charge in [0.15, 0.2) is 6.61 Å². The van der Waals surface area contributed by atoms with E-state index in [2.05, 4.69) is 10.2 Å². The second-order valence-electron chi connectivity index (χ2n) is 4.55. The highest BCUT2D eigenvalue weighted by molar-refractivity contribution is 5.33. The van der Waals surface area contributed by atoms with Gasteiger partial charge in [-0.05, 0) is 17.7 Å². The lowest BCUT2D eigenvalue weighted by Gasteiger charge is -2.16. The lowest BCUT2D eigenvalue weighted by Crippen LogP contribution is -2.33. The van der Waals surface area contributed by atoms with Crippen molar-refractivity contribution in [3.8, 4) is 5.75 Å². The summed E-state index contributed by atoms with van der Waals surface area (Å²) in [4.78, 5) is 0. The van der Waals surface area contributed by atoms with E-state index < -0.39 is 19.0 Å². The maximum Gasteiger partial charge on any atom is 0.340 e. The standard InChI is InChI=1S/C14H13F4N2O2/c1-9-19-20-12(22-9)6-5-10-3-2-4-11(7-10)21-8-14(17,18)13(15)16/h2-5,7,13H,6,8H2,1H3. The molecule has 0 fully saturated rings. The Morgan fingerprint density at radius 3 is 2.73 bits per heavy atom. The van der Waals surface area contributed by atoms with Crippen LogP contribution < -0.4 is 4.74 Å². The molecule has 0 N–H and O–H groups in total. The number of hydrogen-bond acceptors (Lipinski definition) is 4. The molecule has 0 aliphatic rings. The van der Waals surface area contributed by atoms with Crippen molar-refractivity contribution < 1.29 is 26.7 Å². The van der Waals surface area contributed by atoms with Gasteiger partial charge in [-0.1, -0.05) is 12.1 Å². The summed E-state index contributed by atoms with van der Waals surface area (Å²) in [7, 11) is 0. The van der Waals surface area contributed by atoms with Gasteiger partial charge in [-0.2, -0.15) is 8.78 Å². The summed E-state index contributed by atoms with van der Waals surface area (Å²) in [6, 6.07) is 6.16. The molecule has 1 heterocycles. The van der Waals surface area contributed by atoms with Crippen LogP contribution >= 0.6 is 0 Å². The highest BCUT2D eigenvalue weighted by atomic mass is 19.3. The summed E-state index contributed by atoms with van der Waals surface area (Å²) in [6.45, 7) is 0.283. The Labute approximate surface area is 124 Å². The Bertz CT molecular complexity index is 616. The van der Waals surface area contributed by atoms with Crippen molar-refractivity contribution in [2.75, 3.05) is 6.61 Å². The number of alkyl halides is 4. The zero-order chi connectivity index (χ0) is 16.2. The lowest BCUT2D eigenvalue weighted by atomic mass is 10.1. The highest BCUT2D eigenvalue weighted by Gasteiger charge is 2.41. The second-order valence-corrected chi connectivity index (χ2v) is 4.55. The van der Waals surface area contributed by atoms with Gasteiger partial charge in [0.2, 0.25) is 11.8 Å². The minimum atomic E-state index is -4.18. The third-order valence-corrected chi connectivity index (χ3v) is 2.69. The van der Waals surface area contributed by atoms with E-state index in [0.717, 1.165) is 0 Å². The van der Waals surface area contributed by atoms with Crippen LogP contribution in [0.5, 0.6) is 5.75 Å². The minimum Gasteiger partial charge on any atom is -0.487 e. The first kappa shape index (κ1) is 16.3. The van der Waals surface area contributed by atoms with Gasteiger partial charge in [0, 0.05) is 19.8 Å². The molecule has 0 spiro atoms. The summed E-state index contributed by atoms with van der Waals surface area (Å²) >= 11 is 0. The fraction of sp³-hybridized carbons (Fsp3) is 0.357. The number of aromatic nitrogens is 2. The Kier molecular flexibility index (Phi) is 4.99. The summed E-state index contributed by atoms with van der Waals surface area (Å²) < 4.78 is 59.6. The average Bonchev–Trinajstić information content (AvgIpc) is 2.89. The van der Waals surface area contributed by atoms with Gasteiger partial charge in [-0.3, -0.25) is 0 Å². The third-order valence-electron chi connectivity index (χ3n) is 2.69. The number of hydrogen-bond donors (Lipinski definition) is 0. The molecule has 0 saturated heterocycles. The normalized spacial score (nSPS) is 11.9. The zero-order valence-electron chi connectivity index (χ0n) is 11.6. The second kappa shape index (κ2) is 6.76. The average molecular weight is 317 g/mol. The van der Waals surface area contributed by atoms with Crippen LogP contribution in [0.25, 0.3) is 0 Å². The van der Waals surface area contributed by atoms with Crippen LogP contribution in [0.3, 0.4) is 0 Å². The highest BCUT2D eigenvalue weighted by Crippen LogP contribution is 2.25. The van der Waals surface area contributed by atoms with Gasteiger partial charge in [0.1, 0.15) is 5.75 Å². The van der Waals surface area contributed by atoms with Crippen molar-refractivity contribution >= 4 is 0 Å². The largest absolute Gasteiger partial charge is 0.487 e. The quantitative estimate of drug-likeness (QED) is 0.734. The smallest absolute Gasteiger partial charge is 0.340 e. The van der Waals surface area contributed by atoms with Crippen LogP contribution in [-0.4, -0.2) is 29.2 Å². The Morgan fingerprint density at radius 2 is 2.09 bits per heavy atom. The summed E-state index contributed by atoms with van der Waals surface area (Å²) in [6.07, 6.45) is -1.68. The van der Waals surface area contributed by atoms with Gasteiger partial charge in [0.25, 0.3) is 0 Å². The first-order chi connectivity index (χ1) is 10.4. The molecular weight excluding hydrogens is 304 g/mol. The number of nitrogens with zero attached hydrogens (tertiary/aromatic N) is 2. The predicted molar refractivity (Wildman–Crippen MR) is 69.0 cm³/mol. The molecule has 0 amide bonds. The Morgan fingerprint density at radius 1 is 1.32 bits per heavy atom. The van der Waals surface area contributed by atoms with Crippen LogP contribution in [0.4, 0.5) is 17.6 Å². The van der Waals surface area contributed by atoms with Crippen LogP contribution in [-0.2, 0) is 6.42 Å². The fourth-order valence-electron chi connectivity index (χ4n) is 1.60. The topological polar surface area (TPSA) is 48.2 Å². The molecule has 0 aliphatic carbocycles. The molecule has 119 valence electrons. The zero-order valence-corrected chi connectivity index (χ0v) is 11.6. The minimum absolute atomic E-state index is 0.0794. The summed E-state index contributed by atoms with van der Waals surface area (Å²) in [5.74, 6) is -3.25. The van der Waals surface area contributed by atoms with Crippen molar-refractivity contribution in [2.45, 2.75) is 25.7 Å². The summed E-state index contributed by atoms with van der Waals surface area (Å²) in [5.41, 5.74) is 0.661. The van der Waals surface area contributed by atoms with Gasteiger partial charge in [-0.25, -0.2) is 8.78 Å². The molecule has 1 aromatic carbocycles. The molecule has 8 heteroatoms. The van der Waals surface area contributed by atoms with E-state index in [1.807, 2.05) is 0 Å². The predicted octanol–water partition coefficient (Wildman–Crippen LogP) is 3.45. The van der Waals surface area contributed by atoms with E-state index in [9.17, 15) is 17.6 Å². The molecule has 0 atom stereocenters. The molecule has 0 bridgehead atoms. The van der Waals surface area contributed by atoms with Crippen LogP contribution in [0.2, 0.25) is 0 Å². The number of aryl methyl sites for hydroxylation is 1. The first-order valence-electron chi connectivity index (χ1n) is 6.38. The molecule has 1 radical (unpaired) electrons. The van der Waals surface area contributed by atoms with E-state index in [4.69, 9.17) is 9.15 Å². The molecule has 2 aromatic rings. The Balaban J connectivity index is 1.92. The molecule has 0 unspecified atom stereocenters. The number of rotatable bonds is 7. The van der Waals surface area contributed by atoms with E-state index in [1.54, 1.807) is 25.5 Å². The number of halogens is 4. The maximum absolute atomic E-state index is 12.8. The fourth-order valence-corrected chi connectivity index (χ4v) is 1.60. The molecule has 0 saturated carbocycles. The van der Waals surface area contributed by atoms with Gasteiger partial charge < -0.3 is 9.15 Å². The monoisotopic (exact) mass is 317 g/mol. The van der Waals surface area contributed by atoms with Crippen molar-refractivity contribution in [2.24, 2.45) is 0 Å². The van der Waals surface area contributed by atoms with Crippen molar-refractivity contribution in [3.63, 3.8) is 0 Å². The van der Waals surface area contributed by atoms with Gasteiger partial charge >= 0.3 is 12.3 Å². The van der Waals surface area contributed by atoms with E-state index in [1.165, 1.54) is 12.1 Å². The Hall–Kier alpha value is -2.12. The molecule has 22 heavy (non-hydrogen) atoms. The van der Waals surface area contributed by atoms with Crippen molar-refractivity contribution in [1.82, 2.24) is 10.2 Å². The van der Waals surface area contributed by atoms with Gasteiger partial charge in [-0.15, -0.1) is 10.2 Å². The van der Waals surface area contributed by atoms with Crippen molar-refractivity contribution in [1.29, 1.82) is 0 Å². The first-order valence-corrected chi connectivity index (χ1v) is 6.38. The molecular formula is C14H13F4N2O2. The molecule has 0 aliphatic heterocycles. The molecule has 1 aromatic heterocycles. The van der Waals surface area contributed by atoms with E-state index >= 15 is 0 Å². The van der Waals surface area contributed by atoms with E-state index in [0.29, 0.717) is 23.8 Å². The maximum atomic E-state index is 12.8. The lowest BCUT2D eigenvalue weighted by molar-refractivity contribution is -0.148. The molecule has 4 nitrogen and oxygen atoms in total. The summed E-state index contributed by atoms with van der Waals surface area (Å²) in [5, 5.41) is 7.48. The third kappa shape index (κ3) is 4.44. The molecule has 2 rings (SSSR count). The SMILES string of the molecule is Cc1nnc(C[CH]c2cccc(OCC(F)(F)C(F)F)c2)o1. The van der Waals surface area contributed by atoms with Gasteiger partial charge in [0.05, 0.1) is 0 Å². The van der Waals surface area contributed by atoms with E-state index in [-0.39, 0.29) is 5.75 Å². The number of benzene rings is 1. The van der Waals surface area contributed by atoms with Crippen LogP contribution in [0, 0.1) is 13.3 Å². The number of ether oxygens (including phenoxy) is 1. The van der Waals surface area contributed by atoms with Crippen LogP contribution in [0.15, 0.2) is 28.7 Å². The van der Waals surface area contributed by atoms with Crippen LogP contribution in [0.1, 0.15) is 17.3 Å².